The molecule has 0 bridgehead atoms. The number of aryl methyl sites for hydroxylation is 2. The summed E-state index contributed by atoms with van der Waals surface area (Å²) in [5.74, 6) is -0.815. The predicted molar refractivity (Wildman–Crippen MR) is 113 cm³/mol. The second kappa shape index (κ2) is 8.03. The summed E-state index contributed by atoms with van der Waals surface area (Å²) >= 11 is 0. The highest BCUT2D eigenvalue weighted by molar-refractivity contribution is 6.06. The maximum absolute atomic E-state index is 13.1. The molecule has 0 fully saturated rings. The lowest BCUT2D eigenvalue weighted by molar-refractivity contribution is -0.123. The fourth-order valence-electron chi connectivity index (χ4n) is 3.85. The topological polar surface area (TPSA) is 68.3 Å². The molecular formula is C24H24N2O3. The Morgan fingerprint density at radius 2 is 1.86 bits per heavy atom. The maximum Gasteiger partial charge on any atom is 0.339 e. The van der Waals surface area contributed by atoms with Crippen LogP contribution >= 0.6 is 0 Å². The average Bonchev–Trinajstić information content (AvgIpc) is 2.71. The Balaban J connectivity index is 1.59. The van der Waals surface area contributed by atoms with Crippen LogP contribution in [0.4, 0.5) is 5.69 Å². The number of ether oxygens (including phenoxy) is 1. The number of nitrogens with zero attached hydrogens (tertiary/aromatic N) is 1. The minimum Gasteiger partial charge on any atom is -0.449 e. The quantitative estimate of drug-likeness (QED) is 0.663. The van der Waals surface area contributed by atoms with Crippen LogP contribution in [0.3, 0.4) is 0 Å². The molecule has 0 unspecified atom stereocenters. The molecule has 148 valence electrons. The number of hydrogen-bond acceptors (Lipinski definition) is 4. The molecule has 29 heavy (non-hydrogen) atoms. The third kappa shape index (κ3) is 3.99. The van der Waals surface area contributed by atoms with Crippen LogP contribution in [0, 0.1) is 6.92 Å². The number of fused-ring (bicyclic) bond motifs is 2. The number of esters is 1. The van der Waals surface area contributed by atoms with Crippen molar-refractivity contribution in [2.45, 2.75) is 45.6 Å². The van der Waals surface area contributed by atoms with Gasteiger partial charge in [-0.15, -0.1) is 0 Å². The molecule has 1 amide bonds. The van der Waals surface area contributed by atoms with E-state index < -0.39 is 12.1 Å². The maximum atomic E-state index is 13.1. The lowest BCUT2D eigenvalue weighted by Gasteiger charge is -2.21. The Hall–Kier alpha value is -3.21. The van der Waals surface area contributed by atoms with Gasteiger partial charge in [0.2, 0.25) is 0 Å². The van der Waals surface area contributed by atoms with Gasteiger partial charge >= 0.3 is 5.97 Å². The van der Waals surface area contributed by atoms with Crippen LogP contribution in [-0.4, -0.2) is 23.0 Å². The summed E-state index contributed by atoms with van der Waals surface area (Å²) in [7, 11) is 0. The van der Waals surface area contributed by atoms with Crippen molar-refractivity contribution in [3.63, 3.8) is 0 Å². The van der Waals surface area contributed by atoms with E-state index in [1.165, 1.54) is 0 Å². The molecule has 0 spiro atoms. The van der Waals surface area contributed by atoms with Gasteiger partial charge in [-0.25, -0.2) is 4.79 Å². The van der Waals surface area contributed by atoms with Gasteiger partial charge in [0, 0.05) is 16.8 Å². The summed E-state index contributed by atoms with van der Waals surface area (Å²) in [5, 5.41) is 3.59. The standard InChI is InChI=1S/C24H24N2O3/c1-15-8-7-9-17(14-15)25-23(27)16(2)29-24(28)22-18-10-3-5-12-20(18)26-21-13-6-4-11-19(21)22/h3,5,7-10,12,14,16H,4,6,11,13H2,1-2H3,(H,25,27)/t16-/m1/s1. The van der Waals surface area contributed by atoms with Crippen molar-refractivity contribution in [1.82, 2.24) is 4.98 Å². The molecule has 0 saturated heterocycles. The first-order chi connectivity index (χ1) is 14.0. The van der Waals surface area contributed by atoms with E-state index in [0.29, 0.717) is 11.3 Å². The van der Waals surface area contributed by atoms with Crippen LogP contribution in [0.2, 0.25) is 0 Å². The number of nitrogens with one attached hydrogen (secondary N) is 1. The molecule has 1 aromatic heterocycles. The SMILES string of the molecule is Cc1cccc(NC(=O)[C@@H](C)OC(=O)c2c3c(nc4ccccc24)CCCC3)c1. The number of anilines is 1. The predicted octanol–water partition coefficient (Wildman–Crippen LogP) is 4.61. The van der Waals surface area contributed by atoms with Crippen LogP contribution in [0.15, 0.2) is 48.5 Å². The third-order valence-corrected chi connectivity index (χ3v) is 5.31. The highest BCUT2D eigenvalue weighted by atomic mass is 16.5. The largest absolute Gasteiger partial charge is 0.449 e. The van der Waals surface area contributed by atoms with Crippen molar-refractivity contribution in [3.05, 3.63) is 70.9 Å². The van der Waals surface area contributed by atoms with Gasteiger partial charge in [0.1, 0.15) is 0 Å². The van der Waals surface area contributed by atoms with E-state index in [0.717, 1.165) is 53.4 Å². The van der Waals surface area contributed by atoms with Gasteiger partial charge in [-0.1, -0.05) is 30.3 Å². The zero-order valence-corrected chi connectivity index (χ0v) is 16.7. The van der Waals surface area contributed by atoms with Crippen molar-refractivity contribution in [1.29, 1.82) is 0 Å². The summed E-state index contributed by atoms with van der Waals surface area (Å²) in [5.41, 5.74) is 5.01. The first-order valence-electron chi connectivity index (χ1n) is 10.0. The molecule has 1 heterocycles. The lowest BCUT2D eigenvalue weighted by atomic mass is 9.90. The van der Waals surface area contributed by atoms with E-state index in [1.807, 2.05) is 55.5 Å². The molecule has 1 atom stereocenters. The van der Waals surface area contributed by atoms with Gasteiger partial charge in [-0.3, -0.25) is 9.78 Å². The Kier molecular flexibility index (Phi) is 5.30. The molecule has 1 aliphatic carbocycles. The Bertz CT molecular complexity index is 1090. The van der Waals surface area contributed by atoms with E-state index in [4.69, 9.17) is 9.72 Å². The number of para-hydroxylation sites is 1. The van der Waals surface area contributed by atoms with Gasteiger partial charge in [-0.05, 0) is 68.9 Å². The minimum absolute atomic E-state index is 0.351. The molecule has 4 rings (SSSR count). The van der Waals surface area contributed by atoms with Crippen LogP contribution in [-0.2, 0) is 22.4 Å². The molecule has 5 nitrogen and oxygen atoms in total. The fourth-order valence-corrected chi connectivity index (χ4v) is 3.85. The van der Waals surface area contributed by atoms with Crippen molar-refractivity contribution in [3.8, 4) is 0 Å². The van der Waals surface area contributed by atoms with Gasteiger partial charge in [0.05, 0.1) is 11.1 Å². The molecule has 0 radical (unpaired) electrons. The molecule has 3 aromatic rings. The zero-order chi connectivity index (χ0) is 20.4. The number of amides is 1. The van der Waals surface area contributed by atoms with Gasteiger partial charge < -0.3 is 10.1 Å². The second-order valence-corrected chi connectivity index (χ2v) is 7.54. The van der Waals surface area contributed by atoms with E-state index in [-0.39, 0.29) is 5.91 Å². The Labute approximate surface area is 170 Å². The summed E-state index contributed by atoms with van der Waals surface area (Å²) in [6, 6.07) is 15.1. The summed E-state index contributed by atoms with van der Waals surface area (Å²) in [6.45, 7) is 3.55. The third-order valence-electron chi connectivity index (χ3n) is 5.31. The van der Waals surface area contributed by atoms with Gasteiger partial charge in [0.25, 0.3) is 5.91 Å². The van der Waals surface area contributed by atoms with Crippen LogP contribution in [0.1, 0.15) is 46.9 Å². The monoisotopic (exact) mass is 388 g/mol. The van der Waals surface area contributed by atoms with Crippen LogP contribution < -0.4 is 5.32 Å². The summed E-state index contributed by atoms with van der Waals surface area (Å²) in [4.78, 5) is 30.4. The lowest BCUT2D eigenvalue weighted by Crippen LogP contribution is -2.30. The van der Waals surface area contributed by atoms with Crippen LogP contribution in [0.5, 0.6) is 0 Å². The van der Waals surface area contributed by atoms with Crippen molar-refractivity contribution in [2.24, 2.45) is 0 Å². The van der Waals surface area contributed by atoms with E-state index in [2.05, 4.69) is 5.32 Å². The smallest absolute Gasteiger partial charge is 0.339 e. The number of carbonyl (C=O) groups excluding carboxylic acids is 2. The normalized spacial score (nSPS) is 14.1. The molecule has 5 heteroatoms. The Morgan fingerprint density at radius 1 is 1.07 bits per heavy atom. The number of hydrogen-bond donors (Lipinski definition) is 1. The molecule has 0 aliphatic heterocycles. The van der Waals surface area contributed by atoms with Crippen LogP contribution in [0.25, 0.3) is 10.9 Å². The van der Waals surface area contributed by atoms with Crippen molar-refractivity contribution >= 4 is 28.5 Å². The number of pyridine rings is 1. The molecule has 0 saturated carbocycles. The number of benzene rings is 2. The first-order valence-corrected chi connectivity index (χ1v) is 10.0. The molecule has 1 N–H and O–H groups in total. The summed E-state index contributed by atoms with van der Waals surface area (Å²) < 4.78 is 5.60. The summed E-state index contributed by atoms with van der Waals surface area (Å²) in [6.07, 6.45) is 2.86. The second-order valence-electron chi connectivity index (χ2n) is 7.54. The molecule has 1 aliphatic rings. The number of rotatable bonds is 4. The average molecular weight is 388 g/mol. The van der Waals surface area contributed by atoms with E-state index in [1.54, 1.807) is 6.92 Å². The molecular weight excluding hydrogens is 364 g/mol. The van der Waals surface area contributed by atoms with Gasteiger partial charge in [-0.2, -0.15) is 0 Å². The fraction of sp³-hybridized carbons (Fsp3) is 0.292. The van der Waals surface area contributed by atoms with E-state index >= 15 is 0 Å². The highest BCUT2D eigenvalue weighted by Crippen LogP contribution is 2.30. The number of aromatic nitrogens is 1. The van der Waals surface area contributed by atoms with E-state index in [9.17, 15) is 9.59 Å². The van der Waals surface area contributed by atoms with Crippen molar-refractivity contribution in [2.75, 3.05) is 5.32 Å². The van der Waals surface area contributed by atoms with Gasteiger partial charge in [0.15, 0.2) is 6.10 Å². The van der Waals surface area contributed by atoms with Crippen molar-refractivity contribution < 1.29 is 14.3 Å². The molecule has 2 aromatic carbocycles. The minimum atomic E-state index is -0.908. The Morgan fingerprint density at radius 3 is 2.69 bits per heavy atom. The number of carbonyl (C=O) groups is 2. The highest BCUT2D eigenvalue weighted by Gasteiger charge is 2.26. The first kappa shape index (κ1) is 19.1. The zero-order valence-electron chi connectivity index (χ0n) is 16.7.